The molecule has 1 heterocycles. The number of rotatable bonds is 5. The number of nitrogens with zero attached hydrogens (tertiary/aromatic N) is 1. The van der Waals surface area contributed by atoms with Gasteiger partial charge >= 0.3 is 18.3 Å². The maximum atomic E-state index is 13.3. The highest BCUT2D eigenvalue weighted by molar-refractivity contribution is 6.12. The molecule has 0 saturated carbocycles. The highest BCUT2D eigenvalue weighted by Crippen LogP contribution is 2.33. The highest BCUT2D eigenvalue weighted by Gasteiger charge is 2.38. The van der Waals surface area contributed by atoms with Gasteiger partial charge in [-0.3, -0.25) is 9.59 Å². The van der Waals surface area contributed by atoms with E-state index < -0.39 is 35.8 Å². The maximum Gasteiger partial charge on any atom is 0.490 e. The van der Waals surface area contributed by atoms with Gasteiger partial charge in [0, 0.05) is 28.9 Å². The molecule has 0 bridgehead atoms. The van der Waals surface area contributed by atoms with E-state index in [2.05, 4.69) is 10.3 Å². The number of anilines is 1. The monoisotopic (exact) mass is 528 g/mol. The fraction of sp³-hybridized carbons (Fsp3) is 0.130. The van der Waals surface area contributed by atoms with Crippen LogP contribution in [0, 0.1) is 0 Å². The van der Waals surface area contributed by atoms with Crippen molar-refractivity contribution in [3.05, 3.63) is 83.0 Å². The van der Waals surface area contributed by atoms with E-state index in [1.54, 1.807) is 30.3 Å². The molecule has 0 aliphatic rings. The number of aromatic nitrogens is 1. The van der Waals surface area contributed by atoms with E-state index >= 15 is 0 Å². The normalized spacial score (nSPS) is 11.2. The average molecular weight is 528 g/mol. The lowest BCUT2D eigenvalue weighted by molar-refractivity contribution is -0.192. The molecular weight excluding hydrogens is 510 g/mol. The Kier molecular flexibility index (Phi) is 8.96. The number of amides is 2. The Bertz CT molecular complexity index is 1290. The zero-order valence-corrected chi connectivity index (χ0v) is 18.5. The molecule has 0 saturated heterocycles. The summed E-state index contributed by atoms with van der Waals surface area (Å²) in [6.07, 6.45) is -9.83. The molecule has 0 fully saturated rings. The first-order chi connectivity index (χ1) is 17.1. The topological polar surface area (TPSA) is 148 Å². The van der Waals surface area contributed by atoms with Crippen LogP contribution in [0.3, 0.4) is 0 Å². The molecule has 8 nitrogen and oxygen atoms in total. The van der Waals surface area contributed by atoms with E-state index in [9.17, 15) is 35.9 Å². The lowest BCUT2D eigenvalue weighted by atomic mass is 9.95. The van der Waals surface area contributed by atoms with Gasteiger partial charge in [-0.2, -0.15) is 26.3 Å². The first kappa shape index (κ1) is 28.8. The number of nitrogens with two attached hydrogens (primary N) is 2. The van der Waals surface area contributed by atoms with Gasteiger partial charge in [0.2, 0.25) is 5.91 Å². The summed E-state index contributed by atoms with van der Waals surface area (Å²) in [5, 5.41) is 9.77. The zero-order chi connectivity index (χ0) is 28.0. The van der Waals surface area contributed by atoms with Gasteiger partial charge in [-0.15, -0.1) is 0 Å². The van der Waals surface area contributed by atoms with E-state index in [0.29, 0.717) is 5.69 Å². The second kappa shape index (κ2) is 11.5. The number of carbonyl (C=O) groups excluding carboxylic acids is 2. The van der Waals surface area contributed by atoms with Crippen LogP contribution in [-0.2, 0) is 17.5 Å². The molecule has 0 atom stereocenters. The molecule has 6 N–H and O–H groups in total. The Hall–Kier alpha value is -4.46. The molecule has 37 heavy (non-hydrogen) atoms. The van der Waals surface area contributed by atoms with Gasteiger partial charge in [0.25, 0.3) is 5.91 Å². The molecule has 14 heteroatoms. The lowest BCUT2D eigenvalue weighted by Gasteiger charge is -2.16. The first-order valence-corrected chi connectivity index (χ1v) is 10.0. The van der Waals surface area contributed by atoms with Crippen LogP contribution in [0.15, 0.2) is 60.7 Å². The summed E-state index contributed by atoms with van der Waals surface area (Å²) in [4.78, 5) is 37.4. The summed E-state index contributed by atoms with van der Waals surface area (Å²) in [6.45, 7) is -0.192. The summed E-state index contributed by atoms with van der Waals surface area (Å²) < 4.78 is 71.7. The van der Waals surface area contributed by atoms with E-state index in [0.717, 1.165) is 6.07 Å². The standard InChI is InChI=1S/C21H17F3N4O2.C2HF3O2/c22-21(23,24)17-10-12(11-25)9-16(28-17)18-14(19(26)29)7-4-8-15(18)20(30)27-13-5-2-1-3-6-13;3-2(4,5)1(6)7/h1-10H,11,25H2,(H2,26,29)(H,27,30);(H,6,7). The Morgan fingerprint density at radius 1 is 0.892 bits per heavy atom. The quantitative estimate of drug-likeness (QED) is 0.365. The number of hydrogen-bond acceptors (Lipinski definition) is 5. The van der Waals surface area contributed by atoms with Crippen LogP contribution in [-0.4, -0.2) is 34.1 Å². The van der Waals surface area contributed by atoms with Gasteiger partial charge in [0.1, 0.15) is 5.69 Å². The maximum absolute atomic E-state index is 13.3. The third-order valence-electron chi connectivity index (χ3n) is 4.52. The fourth-order valence-corrected chi connectivity index (χ4v) is 2.92. The van der Waals surface area contributed by atoms with Crippen LogP contribution in [0.25, 0.3) is 11.3 Å². The number of aliphatic carboxylic acids is 1. The minimum absolute atomic E-state index is 0.0510. The third-order valence-corrected chi connectivity index (χ3v) is 4.52. The van der Waals surface area contributed by atoms with Crippen molar-refractivity contribution in [3.8, 4) is 11.3 Å². The van der Waals surface area contributed by atoms with Crippen LogP contribution in [0.5, 0.6) is 0 Å². The van der Waals surface area contributed by atoms with Crippen LogP contribution < -0.4 is 16.8 Å². The Morgan fingerprint density at radius 3 is 1.95 bits per heavy atom. The van der Waals surface area contributed by atoms with Gasteiger partial charge in [-0.25, -0.2) is 9.78 Å². The summed E-state index contributed by atoms with van der Waals surface area (Å²) in [7, 11) is 0. The fourth-order valence-electron chi connectivity index (χ4n) is 2.92. The average Bonchev–Trinajstić information content (AvgIpc) is 2.83. The number of para-hydroxylation sites is 1. The molecule has 2 amide bonds. The minimum Gasteiger partial charge on any atom is -0.475 e. The molecule has 3 rings (SSSR count). The second-order valence-corrected chi connectivity index (χ2v) is 7.16. The number of halogens is 6. The number of benzene rings is 2. The molecular formula is C23H18F6N4O4. The lowest BCUT2D eigenvalue weighted by Crippen LogP contribution is -2.21. The second-order valence-electron chi connectivity index (χ2n) is 7.16. The summed E-state index contributed by atoms with van der Waals surface area (Å²) in [5.74, 6) is -4.30. The minimum atomic E-state index is -5.08. The Balaban J connectivity index is 0.000000604. The number of carbonyl (C=O) groups is 3. The molecule has 196 valence electrons. The van der Waals surface area contributed by atoms with E-state index in [1.165, 1.54) is 24.3 Å². The van der Waals surface area contributed by atoms with E-state index in [1.807, 2.05) is 0 Å². The Labute approximate surface area is 204 Å². The molecule has 1 aromatic heterocycles. The molecule has 0 aliphatic heterocycles. The smallest absolute Gasteiger partial charge is 0.475 e. The van der Waals surface area contributed by atoms with Gasteiger partial charge in [0.15, 0.2) is 0 Å². The van der Waals surface area contributed by atoms with Crippen molar-refractivity contribution in [2.24, 2.45) is 11.5 Å². The van der Waals surface area contributed by atoms with Crippen molar-refractivity contribution in [1.29, 1.82) is 0 Å². The van der Waals surface area contributed by atoms with Crippen molar-refractivity contribution in [2.75, 3.05) is 5.32 Å². The first-order valence-electron chi connectivity index (χ1n) is 10.0. The van der Waals surface area contributed by atoms with Crippen molar-refractivity contribution < 1.29 is 45.8 Å². The Morgan fingerprint density at radius 2 is 1.46 bits per heavy atom. The number of nitrogens with one attached hydrogen (secondary N) is 1. The number of primary amides is 1. The van der Waals surface area contributed by atoms with Crippen molar-refractivity contribution in [2.45, 2.75) is 18.9 Å². The molecule has 3 aromatic rings. The van der Waals surface area contributed by atoms with Gasteiger partial charge in [-0.1, -0.05) is 24.3 Å². The zero-order valence-electron chi connectivity index (χ0n) is 18.5. The molecule has 0 radical (unpaired) electrons. The largest absolute Gasteiger partial charge is 0.490 e. The van der Waals surface area contributed by atoms with Crippen LogP contribution in [0.2, 0.25) is 0 Å². The van der Waals surface area contributed by atoms with Crippen molar-refractivity contribution in [3.63, 3.8) is 0 Å². The summed E-state index contributed by atoms with van der Waals surface area (Å²) >= 11 is 0. The number of pyridine rings is 1. The van der Waals surface area contributed by atoms with E-state index in [4.69, 9.17) is 21.4 Å². The summed E-state index contributed by atoms with van der Waals surface area (Å²) in [5.41, 5.74) is 9.88. The van der Waals surface area contributed by atoms with Crippen LogP contribution in [0.4, 0.5) is 32.0 Å². The molecule has 0 unspecified atom stereocenters. The number of hydrogen-bond donors (Lipinski definition) is 4. The van der Waals surface area contributed by atoms with Crippen LogP contribution >= 0.6 is 0 Å². The predicted molar refractivity (Wildman–Crippen MR) is 119 cm³/mol. The van der Waals surface area contributed by atoms with Crippen LogP contribution in [0.1, 0.15) is 32.0 Å². The highest BCUT2D eigenvalue weighted by atomic mass is 19.4. The summed E-state index contributed by atoms with van der Waals surface area (Å²) in [6, 6.07) is 14.7. The predicted octanol–water partition coefficient (Wildman–Crippen LogP) is 4.21. The number of carboxylic acids is 1. The molecule has 0 spiro atoms. The number of carboxylic acid groups (broad SMARTS) is 1. The van der Waals surface area contributed by atoms with Gasteiger partial charge in [0.05, 0.1) is 5.69 Å². The van der Waals surface area contributed by atoms with Gasteiger partial charge in [-0.05, 0) is 42.0 Å². The third kappa shape index (κ3) is 7.76. The SMILES string of the molecule is NCc1cc(-c2c(C(N)=O)cccc2C(=O)Nc2ccccc2)nc(C(F)(F)F)c1.O=C(O)C(F)(F)F. The van der Waals surface area contributed by atoms with Crippen molar-refractivity contribution >= 4 is 23.5 Å². The van der Waals surface area contributed by atoms with E-state index in [-0.39, 0.29) is 34.5 Å². The van der Waals surface area contributed by atoms with Crippen molar-refractivity contribution in [1.82, 2.24) is 4.98 Å². The van der Waals surface area contributed by atoms with Gasteiger partial charge < -0.3 is 21.9 Å². The number of alkyl halides is 6. The molecule has 2 aromatic carbocycles. The molecule has 0 aliphatic carbocycles.